The third-order valence-electron chi connectivity index (χ3n) is 3.04. The third kappa shape index (κ3) is 3.33. The van der Waals surface area contributed by atoms with E-state index < -0.39 is 5.82 Å². The van der Waals surface area contributed by atoms with Crippen molar-refractivity contribution in [3.05, 3.63) is 53.5 Å². The van der Waals surface area contributed by atoms with Crippen LogP contribution in [0.2, 0.25) is 0 Å². The molecule has 0 amide bonds. The Balaban J connectivity index is 2.26. The zero-order chi connectivity index (χ0) is 14.5. The van der Waals surface area contributed by atoms with E-state index in [1.807, 2.05) is 18.2 Å². The maximum Gasteiger partial charge on any atom is 0.256 e. The first-order chi connectivity index (χ1) is 9.61. The molecule has 20 heavy (non-hydrogen) atoms. The first kappa shape index (κ1) is 14.5. The van der Waals surface area contributed by atoms with Crippen molar-refractivity contribution >= 4 is 0 Å². The minimum Gasteiger partial charge on any atom is -0.436 e. The van der Waals surface area contributed by atoms with Crippen LogP contribution in [-0.2, 0) is 6.54 Å². The fraction of sp³-hybridized carbons (Fsp3) is 0.312. The lowest BCUT2D eigenvalue weighted by Gasteiger charge is -2.11. The van der Waals surface area contributed by atoms with Gasteiger partial charge in [0.2, 0.25) is 0 Å². The topological polar surface area (TPSA) is 34.2 Å². The van der Waals surface area contributed by atoms with Crippen molar-refractivity contribution in [1.82, 2.24) is 10.3 Å². The fourth-order valence-electron chi connectivity index (χ4n) is 1.91. The van der Waals surface area contributed by atoms with E-state index in [9.17, 15) is 4.39 Å². The average Bonchev–Trinajstić information content (AvgIpc) is 2.44. The summed E-state index contributed by atoms with van der Waals surface area (Å²) < 4.78 is 19.7. The van der Waals surface area contributed by atoms with Gasteiger partial charge >= 0.3 is 0 Å². The maximum atomic E-state index is 14.2. The van der Waals surface area contributed by atoms with Gasteiger partial charge in [-0.2, -0.15) is 0 Å². The molecule has 0 radical (unpaired) electrons. The van der Waals surface area contributed by atoms with Gasteiger partial charge in [-0.15, -0.1) is 0 Å². The fourth-order valence-corrected chi connectivity index (χ4v) is 1.91. The van der Waals surface area contributed by atoms with Crippen LogP contribution in [0.1, 0.15) is 30.9 Å². The number of hydrogen-bond donors (Lipinski definition) is 1. The maximum absolute atomic E-state index is 14.2. The molecule has 1 aromatic heterocycles. The standard InChI is InChI=1S/C16H19FN2O/c1-11(2)12-5-4-6-14(9-12)20-16-15(17)13(10-18-3)7-8-19-16/h4-9,11,18H,10H2,1-3H3. The summed E-state index contributed by atoms with van der Waals surface area (Å²) in [6.07, 6.45) is 1.55. The average molecular weight is 274 g/mol. The molecule has 1 heterocycles. The van der Waals surface area contributed by atoms with Crippen LogP contribution in [-0.4, -0.2) is 12.0 Å². The van der Waals surface area contributed by atoms with Crippen LogP contribution in [0.15, 0.2) is 36.5 Å². The molecule has 3 nitrogen and oxygen atoms in total. The van der Waals surface area contributed by atoms with Gasteiger partial charge in [0.15, 0.2) is 5.82 Å². The van der Waals surface area contributed by atoms with Gasteiger partial charge in [-0.3, -0.25) is 0 Å². The first-order valence-electron chi connectivity index (χ1n) is 6.67. The molecule has 0 aliphatic rings. The van der Waals surface area contributed by atoms with E-state index in [0.29, 0.717) is 23.8 Å². The van der Waals surface area contributed by atoms with Gasteiger partial charge in [-0.05, 0) is 36.7 Å². The van der Waals surface area contributed by atoms with E-state index in [2.05, 4.69) is 24.1 Å². The van der Waals surface area contributed by atoms with E-state index in [4.69, 9.17) is 4.74 Å². The Kier molecular flexibility index (Phi) is 4.69. The van der Waals surface area contributed by atoms with Crippen LogP contribution in [0.3, 0.4) is 0 Å². The largest absolute Gasteiger partial charge is 0.436 e. The molecular formula is C16H19FN2O. The van der Waals surface area contributed by atoms with Crippen LogP contribution in [0.5, 0.6) is 11.6 Å². The molecule has 106 valence electrons. The second-order valence-electron chi connectivity index (χ2n) is 4.95. The van der Waals surface area contributed by atoms with Crippen LogP contribution in [0.4, 0.5) is 4.39 Å². The molecule has 0 bridgehead atoms. The predicted octanol–water partition coefficient (Wildman–Crippen LogP) is 3.86. The van der Waals surface area contributed by atoms with Crippen molar-refractivity contribution in [2.24, 2.45) is 0 Å². The quantitative estimate of drug-likeness (QED) is 0.899. The number of nitrogens with one attached hydrogen (secondary N) is 1. The van der Waals surface area contributed by atoms with Crippen molar-refractivity contribution < 1.29 is 9.13 Å². The molecule has 1 N–H and O–H groups in total. The molecule has 0 unspecified atom stereocenters. The van der Waals surface area contributed by atoms with Crippen molar-refractivity contribution in [2.75, 3.05) is 7.05 Å². The molecule has 0 aliphatic heterocycles. The molecule has 0 aliphatic carbocycles. The summed E-state index contributed by atoms with van der Waals surface area (Å²) in [5.41, 5.74) is 1.69. The van der Waals surface area contributed by atoms with Gasteiger partial charge < -0.3 is 10.1 Å². The number of rotatable bonds is 5. The Bertz CT molecular complexity index is 584. The second kappa shape index (κ2) is 6.48. The van der Waals surface area contributed by atoms with Crippen molar-refractivity contribution in [2.45, 2.75) is 26.3 Å². The summed E-state index contributed by atoms with van der Waals surface area (Å²) in [4.78, 5) is 3.97. The number of halogens is 1. The van der Waals surface area contributed by atoms with Gasteiger partial charge in [-0.25, -0.2) is 9.37 Å². The minimum atomic E-state index is -0.420. The monoisotopic (exact) mass is 274 g/mol. The predicted molar refractivity (Wildman–Crippen MR) is 77.6 cm³/mol. The summed E-state index contributed by atoms with van der Waals surface area (Å²) in [5, 5.41) is 2.92. The SMILES string of the molecule is CNCc1ccnc(Oc2cccc(C(C)C)c2)c1F. The minimum absolute atomic E-state index is 0.0126. The number of pyridine rings is 1. The molecule has 0 fully saturated rings. The summed E-state index contributed by atoms with van der Waals surface area (Å²) in [6, 6.07) is 9.29. The highest BCUT2D eigenvalue weighted by Gasteiger charge is 2.11. The number of nitrogens with zero attached hydrogens (tertiary/aromatic N) is 1. The molecule has 0 saturated heterocycles. The molecule has 2 rings (SSSR count). The highest BCUT2D eigenvalue weighted by molar-refractivity contribution is 5.34. The molecule has 1 aromatic carbocycles. The number of aromatic nitrogens is 1. The lowest BCUT2D eigenvalue weighted by Crippen LogP contribution is -2.08. The highest BCUT2D eigenvalue weighted by Crippen LogP contribution is 2.26. The molecule has 0 saturated carbocycles. The zero-order valence-electron chi connectivity index (χ0n) is 12.0. The molecule has 0 atom stereocenters. The van der Waals surface area contributed by atoms with Crippen molar-refractivity contribution in [3.8, 4) is 11.6 Å². The lowest BCUT2D eigenvalue weighted by atomic mass is 10.0. The van der Waals surface area contributed by atoms with Gasteiger partial charge in [0.05, 0.1) is 0 Å². The van der Waals surface area contributed by atoms with Crippen LogP contribution in [0.25, 0.3) is 0 Å². The Hall–Kier alpha value is -1.94. The molecule has 0 spiro atoms. The van der Waals surface area contributed by atoms with Crippen LogP contribution in [0, 0.1) is 5.82 Å². The Morgan fingerprint density at radius 1 is 1.30 bits per heavy atom. The Morgan fingerprint density at radius 2 is 2.10 bits per heavy atom. The summed E-state index contributed by atoms with van der Waals surface area (Å²) in [5.74, 6) is 0.589. The van der Waals surface area contributed by atoms with Gasteiger partial charge in [0.25, 0.3) is 5.88 Å². The van der Waals surface area contributed by atoms with E-state index in [1.165, 1.54) is 0 Å². The first-order valence-corrected chi connectivity index (χ1v) is 6.67. The van der Waals surface area contributed by atoms with Gasteiger partial charge in [-0.1, -0.05) is 26.0 Å². The molecule has 2 aromatic rings. The second-order valence-corrected chi connectivity index (χ2v) is 4.95. The van der Waals surface area contributed by atoms with E-state index >= 15 is 0 Å². The van der Waals surface area contributed by atoms with Crippen LogP contribution >= 0.6 is 0 Å². The smallest absolute Gasteiger partial charge is 0.256 e. The van der Waals surface area contributed by atoms with E-state index in [-0.39, 0.29) is 5.88 Å². The zero-order valence-corrected chi connectivity index (χ0v) is 12.0. The normalized spacial score (nSPS) is 10.8. The molecular weight excluding hydrogens is 255 g/mol. The Morgan fingerprint density at radius 3 is 2.80 bits per heavy atom. The molecule has 4 heteroatoms. The Labute approximate surface area is 118 Å². The summed E-state index contributed by atoms with van der Waals surface area (Å²) in [7, 11) is 1.77. The van der Waals surface area contributed by atoms with Gasteiger partial charge in [0, 0.05) is 18.3 Å². The van der Waals surface area contributed by atoms with Gasteiger partial charge in [0.1, 0.15) is 5.75 Å². The highest BCUT2D eigenvalue weighted by atomic mass is 19.1. The van der Waals surface area contributed by atoms with Crippen molar-refractivity contribution in [3.63, 3.8) is 0 Å². The number of benzene rings is 1. The lowest BCUT2D eigenvalue weighted by molar-refractivity contribution is 0.417. The van der Waals surface area contributed by atoms with Crippen LogP contribution < -0.4 is 10.1 Å². The van der Waals surface area contributed by atoms with E-state index in [0.717, 1.165) is 5.56 Å². The van der Waals surface area contributed by atoms with Crippen molar-refractivity contribution in [1.29, 1.82) is 0 Å². The number of ether oxygens (including phenoxy) is 1. The summed E-state index contributed by atoms with van der Waals surface area (Å²) >= 11 is 0. The van der Waals surface area contributed by atoms with E-state index in [1.54, 1.807) is 25.4 Å². The third-order valence-corrected chi connectivity index (χ3v) is 3.04. The number of hydrogen-bond acceptors (Lipinski definition) is 3. The summed E-state index contributed by atoms with van der Waals surface area (Å²) in [6.45, 7) is 4.65.